The Kier molecular flexibility index (Phi) is 6.38. The highest BCUT2D eigenvalue weighted by molar-refractivity contribution is 6.14. The van der Waals surface area contributed by atoms with Crippen LogP contribution in [-0.2, 0) is 6.42 Å². The fourth-order valence-corrected chi connectivity index (χ4v) is 5.68. The number of likely N-dealkylation sites (tertiary alicyclic amines) is 1. The second-order valence-electron chi connectivity index (χ2n) is 9.32. The maximum absolute atomic E-state index is 13.7. The van der Waals surface area contributed by atoms with Gasteiger partial charge in [0.25, 0.3) is 11.8 Å². The Labute approximate surface area is 195 Å². The molecule has 2 atom stereocenters. The molecule has 0 bridgehead atoms. The van der Waals surface area contributed by atoms with Crippen LogP contribution in [0.15, 0.2) is 60.9 Å². The molecule has 0 spiro atoms. The summed E-state index contributed by atoms with van der Waals surface area (Å²) in [5.41, 5.74) is 2.47. The Morgan fingerprint density at radius 1 is 0.879 bits per heavy atom. The van der Waals surface area contributed by atoms with Gasteiger partial charge in [0.05, 0.1) is 0 Å². The summed E-state index contributed by atoms with van der Waals surface area (Å²) in [5, 5.41) is 4.73. The number of piperidine rings is 1. The lowest BCUT2D eigenvalue weighted by Crippen LogP contribution is -2.49. The van der Waals surface area contributed by atoms with Crippen LogP contribution in [0.5, 0.6) is 0 Å². The summed E-state index contributed by atoms with van der Waals surface area (Å²) in [5.74, 6) is 0.658. The van der Waals surface area contributed by atoms with E-state index in [-0.39, 0.29) is 11.8 Å². The zero-order valence-corrected chi connectivity index (χ0v) is 19.0. The zero-order valence-electron chi connectivity index (χ0n) is 19.0. The van der Waals surface area contributed by atoms with E-state index >= 15 is 0 Å². The van der Waals surface area contributed by atoms with Crippen molar-refractivity contribution in [2.45, 2.75) is 51.0 Å². The van der Waals surface area contributed by atoms with Gasteiger partial charge in [0.1, 0.15) is 0 Å². The molecular formula is C28H31N3O2. The average molecular weight is 442 g/mol. The standard InChI is InChI=1S/C28H31N3O2/c32-27(30-18-15-20-13-16-29-17-14-20)24-11-12-25(23-9-3-2-8-22(23)24)28(33)31-19-5-7-21-6-1-4-10-26(21)31/h2-3,8-9,11-14,16-17,21,26H,1,4-7,10,15,18-19H2,(H,30,32)/t21-,26-/m0/s1. The van der Waals surface area contributed by atoms with Crippen LogP contribution in [0.2, 0.25) is 0 Å². The van der Waals surface area contributed by atoms with Crippen LogP contribution in [0.1, 0.15) is 64.8 Å². The number of nitrogens with one attached hydrogen (secondary N) is 1. The van der Waals surface area contributed by atoms with Crippen molar-refractivity contribution in [3.8, 4) is 0 Å². The van der Waals surface area contributed by atoms with Crippen molar-refractivity contribution in [1.82, 2.24) is 15.2 Å². The Bertz CT molecular complexity index is 1140. The summed E-state index contributed by atoms with van der Waals surface area (Å²) in [4.78, 5) is 32.9. The van der Waals surface area contributed by atoms with E-state index in [9.17, 15) is 9.59 Å². The summed E-state index contributed by atoms with van der Waals surface area (Å²) in [7, 11) is 0. The van der Waals surface area contributed by atoms with Gasteiger partial charge < -0.3 is 10.2 Å². The molecule has 1 aromatic heterocycles. The molecule has 33 heavy (non-hydrogen) atoms. The van der Waals surface area contributed by atoms with Crippen molar-refractivity contribution in [3.05, 3.63) is 77.6 Å². The summed E-state index contributed by atoms with van der Waals surface area (Å²) in [6.45, 7) is 1.39. The number of pyridine rings is 1. The average Bonchev–Trinajstić information content (AvgIpc) is 2.88. The van der Waals surface area contributed by atoms with E-state index in [0.717, 1.165) is 42.1 Å². The van der Waals surface area contributed by atoms with E-state index < -0.39 is 0 Å². The molecule has 0 radical (unpaired) electrons. The number of hydrogen-bond donors (Lipinski definition) is 1. The Morgan fingerprint density at radius 2 is 1.58 bits per heavy atom. The van der Waals surface area contributed by atoms with Crippen LogP contribution in [0, 0.1) is 5.92 Å². The van der Waals surface area contributed by atoms with Crippen molar-refractivity contribution >= 4 is 22.6 Å². The number of aromatic nitrogens is 1. The van der Waals surface area contributed by atoms with Gasteiger partial charge in [-0.25, -0.2) is 0 Å². The molecule has 2 fully saturated rings. The minimum absolute atomic E-state index is 0.107. The van der Waals surface area contributed by atoms with Gasteiger partial charge in [-0.15, -0.1) is 0 Å². The van der Waals surface area contributed by atoms with Gasteiger partial charge in [0.2, 0.25) is 0 Å². The van der Waals surface area contributed by atoms with E-state index in [1.807, 2.05) is 48.5 Å². The molecule has 1 N–H and O–H groups in total. The van der Waals surface area contributed by atoms with Crippen LogP contribution < -0.4 is 5.32 Å². The molecule has 5 nitrogen and oxygen atoms in total. The lowest BCUT2D eigenvalue weighted by molar-refractivity contribution is 0.0392. The lowest BCUT2D eigenvalue weighted by atomic mass is 9.78. The van der Waals surface area contributed by atoms with Gasteiger partial charge in [-0.1, -0.05) is 37.1 Å². The number of amides is 2. The molecule has 5 rings (SSSR count). The summed E-state index contributed by atoms with van der Waals surface area (Å²) < 4.78 is 0. The first-order valence-electron chi connectivity index (χ1n) is 12.2. The maximum Gasteiger partial charge on any atom is 0.254 e. The van der Waals surface area contributed by atoms with Crippen molar-refractivity contribution in [2.75, 3.05) is 13.1 Å². The number of nitrogens with zero attached hydrogens (tertiary/aromatic N) is 2. The second-order valence-corrected chi connectivity index (χ2v) is 9.32. The third-order valence-electron chi connectivity index (χ3n) is 7.35. The molecule has 2 aliphatic rings. The molecule has 3 aromatic rings. The Hall–Kier alpha value is -3.21. The molecule has 2 aromatic carbocycles. The number of hydrogen-bond acceptors (Lipinski definition) is 3. The minimum atomic E-state index is -0.107. The smallest absolute Gasteiger partial charge is 0.254 e. The zero-order chi connectivity index (χ0) is 22.6. The van der Waals surface area contributed by atoms with E-state index in [0.29, 0.717) is 29.6 Å². The summed E-state index contributed by atoms with van der Waals surface area (Å²) in [6.07, 6.45) is 11.5. The minimum Gasteiger partial charge on any atom is -0.352 e. The monoisotopic (exact) mass is 441 g/mol. The molecular weight excluding hydrogens is 410 g/mol. The Balaban J connectivity index is 1.37. The van der Waals surface area contributed by atoms with Crippen molar-refractivity contribution in [2.24, 2.45) is 5.92 Å². The number of fused-ring (bicyclic) bond motifs is 2. The number of rotatable bonds is 5. The van der Waals surface area contributed by atoms with Crippen molar-refractivity contribution in [3.63, 3.8) is 0 Å². The fraction of sp³-hybridized carbons (Fsp3) is 0.393. The van der Waals surface area contributed by atoms with Gasteiger partial charge in [0.15, 0.2) is 0 Å². The van der Waals surface area contributed by atoms with Gasteiger partial charge in [-0.2, -0.15) is 0 Å². The van der Waals surface area contributed by atoms with Crippen LogP contribution in [0.4, 0.5) is 0 Å². The molecule has 0 unspecified atom stereocenters. The lowest BCUT2D eigenvalue weighted by Gasteiger charge is -2.44. The molecule has 2 heterocycles. The fourth-order valence-electron chi connectivity index (χ4n) is 5.68. The topological polar surface area (TPSA) is 62.3 Å². The van der Waals surface area contributed by atoms with Crippen LogP contribution in [0.3, 0.4) is 0 Å². The summed E-state index contributed by atoms with van der Waals surface area (Å²) in [6, 6.07) is 15.8. The van der Waals surface area contributed by atoms with Gasteiger partial charge in [0, 0.05) is 42.7 Å². The highest BCUT2D eigenvalue weighted by Gasteiger charge is 2.36. The largest absolute Gasteiger partial charge is 0.352 e. The predicted octanol–water partition coefficient (Wildman–Crippen LogP) is 5.00. The molecule has 170 valence electrons. The third kappa shape index (κ3) is 4.50. The predicted molar refractivity (Wildman–Crippen MR) is 130 cm³/mol. The summed E-state index contributed by atoms with van der Waals surface area (Å²) >= 11 is 0. The van der Waals surface area contributed by atoms with Gasteiger partial charge in [-0.05, 0) is 78.6 Å². The molecule has 1 saturated heterocycles. The first-order valence-corrected chi connectivity index (χ1v) is 12.2. The number of carbonyl (C=O) groups excluding carboxylic acids is 2. The van der Waals surface area contributed by atoms with E-state index in [1.165, 1.54) is 25.7 Å². The number of carbonyl (C=O) groups is 2. The third-order valence-corrected chi connectivity index (χ3v) is 7.35. The van der Waals surface area contributed by atoms with Gasteiger partial charge in [-0.3, -0.25) is 14.6 Å². The molecule has 2 amide bonds. The van der Waals surface area contributed by atoms with Crippen LogP contribution >= 0.6 is 0 Å². The van der Waals surface area contributed by atoms with Crippen molar-refractivity contribution in [1.29, 1.82) is 0 Å². The normalized spacial score (nSPS) is 20.3. The first-order chi connectivity index (χ1) is 16.2. The van der Waals surface area contributed by atoms with Crippen LogP contribution in [-0.4, -0.2) is 40.8 Å². The van der Waals surface area contributed by atoms with E-state index in [2.05, 4.69) is 15.2 Å². The highest BCUT2D eigenvalue weighted by Crippen LogP contribution is 2.36. The van der Waals surface area contributed by atoms with E-state index in [1.54, 1.807) is 12.4 Å². The Morgan fingerprint density at radius 3 is 2.39 bits per heavy atom. The molecule has 1 saturated carbocycles. The first kappa shape index (κ1) is 21.6. The molecule has 5 heteroatoms. The van der Waals surface area contributed by atoms with Crippen LogP contribution in [0.25, 0.3) is 10.8 Å². The molecule has 1 aliphatic heterocycles. The quantitative estimate of drug-likeness (QED) is 0.606. The molecule has 1 aliphatic carbocycles. The van der Waals surface area contributed by atoms with Crippen molar-refractivity contribution < 1.29 is 9.59 Å². The number of benzene rings is 2. The SMILES string of the molecule is O=C(NCCc1ccncc1)c1ccc(C(=O)N2CCC[C@@H]3CCCC[C@@H]32)c2ccccc12. The second kappa shape index (κ2) is 9.74. The highest BCUT2D eigenvalue weighted by atomic mass is 16.2. The van der Waals surface area contributed by atoms with Gasteiger partial charge >= 0.3 is 0 Å². The maximum atomic E-state index is 13.7. The van der Waals surface area contributed by atoms with E-state index in [4.69, 9.17) is 0 Å².